The number of amides is 1. The number of oxime groups is 1. The molecule has 1 aliphatic rings. The molecule has 0 saturated carbocycles. The van der Waals surface area contributed by atoms with E-state index in [1.807, 2.05) is 0 Å². The lowest BCUT2D eigenvalue weighted by Crippen LogP contribution is -2.38. The van der Waals surface area contributed by atoms with Crippen LogP contribution >= 0.6 is 11.5 Å². The lowest BCUT2D eigenvalue weighted by molar-refractivity contribution is 0.0757. The van der Waals surface area contributed by atoms with Crippen molar-refractivity contribution in [1.82, 2.24) is 14.5 Å². The fourth-order valence-electron chi connectivity index (χ4n) is 1.64. The van der Waals surface area contributed by atoms with Gasteiger partial charge in [0.15, 0.2) is 0 Å². The summed E-state index contributed by atoms with van der Waals surface area (Å²) in [5.41, 5.74) is 1.43. The third-order valence-corrected chi connectivity index (χ3v) is 3.43. The average molecular weight is 240 g/mol. The molecule has 0 spiro atoms. The summed E-state index contributed by atoms with van der Waals surface area (Å²) in [6.07, 6.45) is 1.26. The van der Waals surface area contributed by atoms with Crippen LogP contribution in [0.1, 0.15) is 28.2 Å². The fraction of sp³-hybridized carbons (Fsp3) is 0.556. The average Bonchev–Trinajstić information content (AvgIpc) is 2.75. The highest BCUT2D eigenvalue weighted by atomic mass is 32.1. The van der Waals surface area contributed by atoms with Gasteiger partial charge in [-0.25, -0.2) is 0 Å². The lowest BCUT2D eigenvalue weighted by atomic mass is 10.1. The SMILES string of the molecule is Cc1nnsc1C(=O)N1CCC(=NO)CC1. The summed E-state index contributed by atoms with van der Waals surface area (Å²) in [5.74, 6) is -0.0236. The van der Waals surface area contributed by atoms with Crippen molar-refractivity contribution in [2.24, 2.45) is 5.16 Å². The van der Waals surface area contributed by atoms with Crippen molar-refractivity contribution in [2.75, 3.05) is 13.1 Å². The van der Waals surface area contributed by atoms with Crippen LogP contribution in [0.2, 0.25) is 0 Å². The molecule has 0 aromatic carbocycles. The molecule has 0 radical (unpaired) electrons. The van der Waals surface area contributed by atoms with E-state index in [2.05, 4.69) is 14.7 Å². The molecule has 1 aliphatic heterocycles. The Balaban J connectivity index is 2.05. The number of carbonyl (C=O) groups is 1. The van der Waals surface area contributed by atoms with Crippen LogP contribution in [0.4, 0.5) is 0 Å². The number of aromatic nitrogens is 2. The molecule has 2 rings (SSSR count). The van der Waals surface area contributed by atoms with E-state index in [0.717, 1.165) is 17.2 Å². The van der Waals surface area contributed by atoms with Crippen LogP contribution in [0.25, 0.3) is 0 Å². The molecule has 1 aromatic rings. The van der Waals surface area contributed by atoms with Gasteiger partial charge in [0.05, 0.1) is 11.4 Å². The Morgan fingerprint density at radius 2 is 2.19 bits per heavy atom. The fourth-order valence-corrected chi connectivity index (χ4v) is 2.26. The third kappa shape index (κ3) is 2.04. The van der Waals surface area contributed by atoms with Crippen LogP contribution in [-0.2, 0) is 0 Å². The summed E-state index contributed by atoms with van der Waals surface area (Å²) in [5, 5.41) is 15.6. The third-order valence-electron chi connectivity index (χ3n) is 2.62. The highest BCUT2D eigenvalue weighted by Gasteiger charge is 2.24. The van der Waals surface area contributed by atoms with Gasteiger partial charge in [0.1, 0.15) is 4.88 Å². The Morgan fingerprint density at radius 3 is 2.69 bits per heavy atom. The first-order chi connectivity index (χ1) is 7.72. The van der Waals surface area contributed by atoms with E-state index in [0.29, 0.717) is 36.5 Å². The van der Waals surface area contributed by atoms with Gasteiger partial charge in [0.25, 0.3) is 5.91 Å². The Hall–Kier alpha value is -1.50. The molecule has 1 saturated heterocycles. The van der Waals surface area contributed by atoms with E-state index in [-0.39, 0.29) is 5.91 Å². The minimum atomic E-state index is -0.0236. The minimum Gasteiger partial charge on any atom is -0.411 e. The van der Waals surface area contributed by atoms with E-state index in [9.17, 15) is 4.79 Å². The smallest absolute Gasteiger partial charge is 0.267 e. The molecule has 1 aromatic heterocycles. The standard InChI is InChI=1S/C9H12N4O2S/c1-6-8(16-12-10-6)9(14)13-4-2-7(11-15)3-5-13/h15H,2-5H2,1H3. The van der Waals surface area contributed by atoms with Crippen LogP contribution in [-0.4, -0.2) is 44.4 Å². The molecular formula is C9H12N4O2S. The number of aryl methyl sites for hydroxylation is 1. The molecule has 86 valence electrons. The molecule has 1 fully saturated rings. The zero-order valence-corrected chi connectivity index (χ0v) is 9.70. The normalized spacial score (nSPS) is 16.3. The summed E-state index contributed by atoms with van der Waals surface area (Å²) in [7, 11) is 0. The molecule has 7 heteroatoms. The molecular weight excluding hydrogens is 228 g/mol. The first-order valence-electron chi connectivity index (χ1n) is 5.00. The van der Waals surface area contributed by atoms with Gasteiger partial charge in [-0.15, -0.1) is 5.10 Å². The molecule has 1 amide bonds. The van der Waals surface area contributed by atoms with E-state index < -0.39 is 0 Å². The highest BCUT2D eigenvalue weighted by Crippen LogP contribution is 2.16. The van der Waals surface area contributed by atoms with Crippen LogP contribution < -0.4 is 0 Å². The number of rotatable bonds is 1. The Labute approximate surface area is 96.7 Å². The summed E-state index contributed by atoms with van der Waals surface area (Å²) in [6, 6.07) is 0. The second-order valence-corrected chi connectivity index (χ2v) is 4.40. The molecule has 6 nitrogen and oxygen atoms in total. The Morgan fingerprint density at radius 1 is 1.50 bits per heavy atom. The van der Waals surface area contributed by atoms with Crippen LogP contribution in [0.15, 0.2) is 5.16 Å². The van der Waals surface area contributed by atoms with Crippen molar-refractivity contribution >= 4 is 23.2 Å². The second kappa shape index (κ2) is 4.56. The summed E-state index contributed by atoms with van der Waals surface area (Å²) in [6.45, 7) is 2.96. The van der Waals surface area contributed by atoms with Gasteiger partial charge in [0.2, 0.25) is 0 Å². The number of carbonyl (C=O) groups excluding carboxylic acids is 1. The van der Waals surface area contributed by atoms with Gasteiger partial charge < -0.3 is 10.1 Å². The summed E-state index contributed by atoms with van der Waals surface area (Å²) >= 11 is 1.13. The molecule has 0 unspecified atom stereocenters. The van der Waals surface area contributed by atoms with E-state index >= 15 is 0 Å². The largest absolute Gasteiger partial charge is 0.411 e. The molecule has 0 atom stereocenters. The Bertz CT molecular complexity index is 419. The minimum absolute atomic E-state index is 0.0236. The number of piperidine rings is 1. The van der Waals surface area contributed by atoms with Gasteiger partial charge in [-0.2, -0.15) is 0 Å². The Kier molecular flexibility index (Phi) is 3.14. The molecule has 1 N–H and O–H groups in total. The zero-order valence-electron chi connectivity index (χ0n) is 8.88. The molecule has 0 bridgehead atoms. The van der Waals surface area contributed by atoms with Crippen molar-refractivity contribution < 1.29 is 10.0 Å². The second-order valence-electron chi connectivity index (χ2n) is 3.65. The van der Waals surface area contributed by atoms with E-state index in [4.69, 9.17) is 5.21 Å². The van der Waals surface area contributed by atoms with Crippen molar-refractivity contribution in [1.29, 1.82) is 0 Å². The van der Waals surface area contributed by atoms with Crippen LogP contribution in [0.3, 0.4) is 0 Å². The van der Waals surface area contributed by atoms with Crippen molar-refractivity contribution in [2.45, 2.75) is 19.8 Å². The van der Waals surface area contributed by atoms with Crippen molar-refractivity contribution in [3.8, 4) is 0 Å². The van der Waals surface area contributed by atoms with E-state index in [1.54, 1.807) is 11.8 Å². The maximum absolute atomic E-state index is 12.0. The first-order valence-corrected chi connectivity index (χ1v) is 5.77. The van der Waals surface area contributed by atoms with Crippen LogP contribution in [0.5, 0.6) is 0 Å². The van der Waals surface area contributed by atoms with E-state index in [1.165, 1.54) is 0 Å². The van der Waals surface area contributed by atoms with Gasteiger partial charge in [0, 0.05) is 25.9 Å². The number of hydrogen-bond acceptors (Lipinski definition) is 6. The van der Waals surface area contributed by atoms with Gasteiger partial charge >= 0.3 is 0 Å². The molecule has 0 aliphatic carbocycles. The first kappa shape index (κ1) is 11.0. The molecule has 2 heterocycles. The van der Waals surface area contributed by atoms with Gasteiger partial charge in [-0.1, -0.05) is 9.64 Å². The maximum Gasteiger partial charge on any atom is 0.267 e. The predicted octanol–water partition coefficient (Wildman–Crippen LogP) is 0.913. The summed E-state index contributed by atoms with van der Waals surface area (Å²) < 4.78 is 3.75. The number of hydrogen-bond donors (Lipinski definition) is 1. The topological polar surface area (TPSA) is 78.7 Å². The lowest BCUT2D eigenvalue weighted by Gasteiger charge is -2.26. The zero-order chi connectivity index (χ0) is 11.5. The number of likely N-dealkylation sites (tertiary alicyclic amines) is 1. The molecule has 16 heavy (non-hydrogen) atoms. The van der Waals surface area contributed by atoms with Gasteiger partial charge in [-0.3, -0.25) is 4.79 Å². The number of nitrogens with zero attached hydrogens (tertiary/aromatic N) is 4. The van der Waals surface area contributed by atoms with Crippen molar-refractivity contribution in [3.63, 3.8) is 0 Å². The predicted molar refractivity (Wildman–Crippen MR) is 59.0 cm³/mol. The maximum atomic E-state index is 12.0. The highest BCUT2D eigenvalue weighted by molar-refractivity contribution is 7.07. The monoisotopic (exact) mass is 240 g/mol. The van der Waals surface area contributed by atoms with Crippen LogP contribution in [0, 0.1) is 6.92 Å². The quantitative estimate of drug-likeness (QED) is 0.584. The van der Waals surface area contributed by atoms with Crippen molar-refractivity contribution in [3.05, 3.63) is 10.6 Å². The summed E-state index contributed by atoms with van der Waals surface area (Å²) in [4.78, 5) is 14.4. The van der Waals surface area contributed by atoms with Gasteiger partial charge in [-0.05, 0) is 18.5 Å².